The highest BCUT2D eigenvalue weighted by Crippen LogP contribution is 2.36. The Balaban J connectivity index is 2.54. The van der Waals surface area contributed by atoms with Gasteiger partial charge in [-0.2, -0.15) is 13.2 Å². The predicted molar refractivity (Wildman–Crippen MR) is 85.0 cm³/mol. The van der Waals surface area contributed by atoms with E-state index < -0.39 is 26.7 Å². The Labute approximate surface area is 142 Å². The molecule has 4 nitrogen and oxygen atoms in total. The van der Waals surface area contributed by atoms with Crippen molar-refractivity contribution in [3.63, 3.8) is 0 Å². The third-order valence-electron chi connectivity index (χ3n) is 3.21. The Hall–Kier alpha value is -1.93. The number of ether oxygens (including phenoxy) is 1. The molecule has 0 aliphatic carbocycles. The van der Waals surface area contributed by atoms with Crippen LogP contribution in [0.15, 0.2) is 41.3 Å². The molecular formula is C15H13ClF3NO3S. The molecule has 1 N–H and O–H groups in total. The van der Waals surface area contributed by atoms with E-state index >= 15 is 0 Å². The highest BCUT2D eigenvalue weighted by molar-refractivity contribution is 7.92. The van der Waals surface area contributed by atoms with Gasteiger partial charge in [-0.15, -0.1) is 0 Å². The predicted octanol–water partition coefficient (Wildman–Crippen LogP) is 4.48. The third-order valence-corrected chi connectivity index (χ3v) is 5.04. The lowest BCUT2D eigenvalue weighted by molar-refractivity contribution is -0.139. The van der Waals surface area contributed by atoms with Gasteiger partial charge in [-0.3, -0.25) is 4.72 Å². The van der Waals surface area contributed by atoms with Crippen molar-refractivity contribution in [2.45, 2.75) is 18.0 Å². The van der Waals surface area contributed by atoms with Crippen LogP contribution in [0.1, 0.15) is 11.1 Å². The number of anilines is 1. The minimum Gasteiger partial charge on any atom is -0.495 e. The first-order chi connectivity index (χ1) is 11.1. The fourth-order valence-electron chi connectivity index (χ4n) is 2.05. The number of sulfonamides is 1. The Kier molecular flexibility index (Phi) is 5.00. The summed E-state index contributed by atoms with van der Waals surface area (Å²) in [4.78, 5) is -0.868. The summed E-state index contributed by atoms with van der Waals surface area (Å²) in [6, 6.07) is 6.70. The summed E-state index contributed by atoms with van der Waals surface area (Å²) in [7, 11) is -3.19. The fraction of sp³-hybridized carbons (Fsp3) is 0.200. The summed E-state index contributed by atoms with van der Waals surface area (Å²) in [6.07, 6.45) is -4.80. The lowest BCUT2D eigenvalue weighted by Crippen LogP contribution is -2.19. The maximum Gasteiger partial charge on any atom is 0.417 e. The van der Waals surface area contributed by atoms with Gasteiger partial charge in [0.1, 0.15) is 5.75 Å². The normalized spacial score (nSPS) is 12.1. The van der Waals surface area contributed by atoms with Crippen molar-refractivity contribution in [2.24, 2.45) is 0 Å². The molecule has 0 unspecified atom stereocenters. The number of benzene rings is 2. The number of methoxy groups -OCH3 is 1. The van der Waals surface area contributed by atoms with Crippen molar-refractivity contribution >= 4 is 27.3 Å². The maximum absolute atomic E-state index is 13.0. The van der Waals surface area contributed by atoms with Crippen LogP contribution >= 0.6 is 11.6 Å². The summed E-state index contributed by atoms with van der Waals surface area (Å²) in [5, 5.41) is 0.338. The lowest BCUT2D eigenvalue weighted by atomic mass is 10.2. The molecule has 0 saturated carbocycles. The molecule has 0 aliphatic rings. The van der Waals surface area contributed by atoms with E-state index in [2.05, 4.69) is 4.72 Å². The summed E-state index contributed by atoms with van der Waals surface area (Å²) in [6.45, 7) is 1.63. The molecule has 0 aromatic heterocycles. The van der Waals surface area contributed by atoms with Crippen LogP contribution in [-0.2, 0) is 16.2 Å². The smallest absolute Gasteiger partial charge is 0.417 e. The molecular weight excluding hydrogens is 367 g/mol. The Morgan fingerprint density at radius 2 is 1.79 bits per heavy atom. The Morgan fingerprint density at radius 1 is 1.17 bits per heavy atom. The van der Waals surface area contributed by atoms with Gasteiger partial charge in [-0.05, 0) is 30.7 Å². The fourth-order valence-corrected chi connectivity index (χ4v) is 3.49. The monoisotopic (exact) mass is 379 g/mol. The standard InChI is InChI=1S/C15H13ClF3NO3S/c1-9-7-12(13(23-2)8-11(9)16)20-24(21,22)14-6-4-3-5-10(14)15(17,18)19/h3-8,20H,1-2H3. The van der Waals surface area contributed by atoms with Gasteiger partial charge in [-0.1, -0.05) is 23.7 Å². The first kappa shape index (κ1) is 18.4. The van der Waals surface area contributed by atoms with Crippen molar-refractivity contribution in [3.05, 3.63) is 52.5 Å². The van der Waals surface area contributed by atoms with Crippen LogP contribution in [0.3, 0.4) is 0 Å². The molecule has 0 atom stereocenters. The van der Waals surface area contributed by atoms with Crippen LogP contribution in [0.2, 0.25) is 5.02 Å². The molecule has 2 rings (SSSR count). The summed E-state index contributed by atoms with van der Waals surface area (Å²) in [5.74, 6) is 0.0960. The molecule has 2 aromatic carbocycles. The summed E-state index contributed by atoms with van der Waals surface area (Å²) >= 11 is 5.93. The van der Waals surface area contributed by atoms with Gasteiger partial charge in [0.05, 0.1) is 23.3 Å². The first-order valence-corrected chi connectivity index (χ1v) is 8.45. The largest absolute Gasteiger partial charge is 0.495 e. The van der Waals surface area contributed by atoms with Crippen LogP contribution in [-0.4, -0.2) is 15.5 Å². The molecule has 0 bridgehead atoms. The van der Waals surface area contributed by atoms with E-state index in [1.807, 2.05) is 0 Å². The van der Waals surface area contributed by atoms with Crippen LogP contribution in [0.25, 0.3) is 0 Å². The van der Waals surface area contributed by atoms with E-state index in [1.54, 1.807) is 6.92 Å². The van der Waals surface area contributed by atoms with Crippen molar-refractivity contribution in [1.82, 2.24) is 0 Å². The van der Waals surface area contributed by atoms with Gasteiger partial charge in [0, 0.05) is 11.1 Å². The summed E-state index contributed by atoms with van der Waals surface area (Å²) in [5.41, 5.74) is -0.710. The second-order valence-corrected chi connectivity index (χ2v) is 6.96. The molecule has 0 saturated heterocycles. The molecule has 2 aromatic rings. The number of rotatable bonds is 4. The maximum atomic E-state index is 13.0. The average molecular weight is 380 g/mol. The Morgan fingerprint density at radius 3 is 2.38 bits per heavy atom. The molecule has 0 heterocycles. The molecule has 0 fully saturated rings. The van der Waals surface area contributed by atoms with Crippen molar-refractivity contribution < 1.29 is 26.3 Å². The SMILES string of the molecule is COc1cc(Cl)c(C)cc1NS(=O)(=O)c1ccccc1C(F)(F)F. The molecule has 0 spiro atoms. The highest BCUT2D eigenvalue weighted by atomic mass is 35.5. The number of aryl methyl sites for hydroxylation is 1. The topological polar surface area (TPSA) is 55.4 Å². The average Bonchev–Trinajstić information content (AvgIpc) is 2.49. The molecule has 0 aliphatic heterocycles. The van der Waals surface area contributed by atoms with Gasteiger partial charge in [0.2, 0.25) is 0 Å². The zero-order valence-electron chi connectivity index (χ0n) is 12.6. The third kappa shape index (κ3) is 3.76. The van der Waals surface area contributed by atoms with Gasteiger partial charge in [0.15, 0.2) is 0 Å². The van der Waals surface area contributed by atoms with E-state index in [-0.39, 0.29) is 11.4 Å². The van der Waals surface area contributed by atoms with E-state index in [9.17, 15) is 21.6 Å². The number of nitrogens with one attached hydrogen (secondary N) is 1. The highest BCUT2D eigenvalue weighted by Gasteiger charge is 2.37. The quantitative estimate of drug-likeness (QED) is 0.852. The van der Waals surface area contributed by atoms with E-state index in [0.29, 0.717) is 16.7 Å². The minimum atomic E-state index is -4.80. The number of hydrogen-bond donors (Lipinski definition) is 1. The minimum absolute atomic E-state index is 0.00335. The van der Waals surface area contributed by atoms with Crippen LogP contribution in [0.4, 0.5) is 18.9 Å². The van der Waals surface area contributed by atoms with Crippen molar-refractivity contribution in [3.8, 4) is 5.75 Å². The van der Waals surface area contributed by atoms with E-state index in [4.69, 9.17) is 16.3 Å². The van der Waals surface area contributed by atoms with E-state index in [1.165, 1.54) is 25.3 Å². The molecule has 0 radical (unpaired) electrons. The number of alkyl halides is 3. The second-order valence-electron chi connectivity index (χ2n) is 4.90. The number of halogens is 4. The zero-order valence-corrected chi connectivity index (χ0v) is 14.2. The van der Waals surface area contributed by atoms with Crippen LogP contribution in [0.5, 0.6) is 5.75 Å². The molecule has 24 heavy (non-hydrogen) atoms. The van der Waals surface area contributed by atoms with Gasteiger partial charge in [0.25, 0.3) is 10.0 Å². The summed E-state index contributed by atoms with van der Waals surface area (Å²) < 4.78 is 71.2. The van der Waals surface area contributed by atoms with Crippen molar-refractivity contribution in [1.29, 1.82) is 0 Å². The van der Waals surface area contributed by atoms with Crippen LogP contribution < -0.4 is 9.46 Å². The van der Waals surface area contributed by atoms with Crippen LogP contribution in [0, 0.1) is 6.92 Å². The van der Waals surface area contributed by atoms with Gasteiger partial charge >= 0.3 is 6.18 Å². The van der Waals surface area contributed by atoms with E-state index in [0.717, 1.165) is 12.1 Å². The molecule has 9 heteroatoms. The zero-order chi connectivity index (χ0) is 18.1. The molecule has 130 valence electrons. The second kappa shape index (κ2) is 6.52. The molecule has 0 amide bonds. The van der Waals surface area contributed by atoms with Gasteiger partial charge < -0.3 is 4.74 Å². The Bertz CT molecular complexity index is 867. The first-order valence-electron chi connectivity index (χ1n) is 6.59. The lowest BCUT2D eigenvalue weighted by Gasteiger charge is -2.16. The van der Waals surface area contributed by atoms with Gasteiger partial charge in [-0.25, -0.2) is 8.42 Å². The number of hydrogen-bond acceptors (Lipinski definition) is 3. The van der Waals surface area contributed by atoms with Crippen molar-refractivity contribution in [2.75, 3.05) is 11.8 Å².